The molecule has 3 rings (SSSR count). The number of aryl methyl sites for hydroxylation is 2. The van der Waals surface area contributed by atoms with Crippen LogP contribution in [0.25, 0.3) is 10.9 Å². The first-order valence-electron chi connectivity index (χ1n) is 8.83. The fourth-order valence-corrected chi connectivity index (χ4v) is 3.06. The predicted octanol–water partition coefficient (Wildman–Crippen LogP) is 2.87. The van der Waals surface area contributed by atoms with Gasteiger partial charge in [0.2, 0.25) is 5.91 Å². The predicted molar refractivity (Wildman–Crippen MR) is 97.8 cm³/mol. The Kier molecular flexibility index (Phi) is 5.71. The Hall–Kier alpha value is -3.17. The second kappa shape index (κ2) is 8.06. The molecule has 29 heavy (non-hydrogen) atoms. The van der Waals surface area contributed by atoms with Crippen molar-refractivity contribution in [2.45, 2.75) is 32.6 Å². The molecule has 0 fully saturated rings. The number of amides is 1. The quantitative estimate of drug-likeness (QED) is 0.636. The van der Waals surface area contributed by atoms with Crippen LogP contribution in [0.2, 0.25) is 0 Å². The van der Waals surface area contributed by atoms with Gasteiger partial charge >= 0.3 is 6.18 Å². The third-order valence-electron chi connectivity index (χ3n) is 4.37. The molecule has 1 N–H and O–H groups in total. The molecule has 3 aromatic rings. The first-order chi connectivity index (χ1) is 13.7. The minimum absolute atomic E-state index is 0.0898. The standard InChI is InChI=1S/C19H18F4N4O2/c1-12-5-8-26(25-12)9-6-17(29)24-7-10-27-16(19(21,22)23)11-15(28)13-3-2-4-14(20)18(13)27/h2-5,8,11H,6-7,9-10H2,1H3,(H,24,29). The minimum atomic E-state index is -4.85. The number of hydrogen-bond donors (Lipinski definition) is 1. The number of fused-ring (bicyclic) bond motifs is 1. The third-order valence-corrected chi connectivity index (χ3v) is 4.37. The molecule has 0 aliphatic heterocycles. The highest BCUT2D eigenvalue weighted by Crippen LogP contribution is 2.31. The van der Waals surface area contributed by atoms with E-state index in [0.29, 0.717) is 17.2 Å². The lowest BCUT2D eigenvalue weighted by atomic mass is 10.1. The summed E-state index contributed by atoms with van der Waals surface area (Å²) in [5, 5.41) is 6.50. The number of benzene rings is 1. The number of pyridine rings is 1. The highest BCUT2D eigenvalue weighted by Gasteiger charge is 2.35. The Balaban J connectivity index is 1.77. The number of para-hydroxylation sites is 1. The van der Waals surface area contributed by atoms with E-state index in [1.165, 1.54) is 12.1 Å². The first-order valence-corrected chi connectivity index (χ1v) is 8.83. The smallest absolute Gasteiger partial charge is 0.354 e. The SMILES string of the molecule is Cc1ccn(CCC(=O)NCCn2c(C(F)(F)F)cc(=O)c3cccc(F)c32)n1. The highest BCUT2D eigenvalue weighted by atomic mass is 19.4. The molecule has 0 aliphatic rings. The van der Waals surface area contributed by atoms with Crippen molar-refractivity contribution in [3.05, 3.63) is 64.0 Å². The molecule has 2 heterocycles. The summed E-state index contributed by atoms with van der Waals surface area (Å²) in [5.74, 6) is -1.32. The molecule has 0 saturated heterocycles. The number of hydrogen-bond acceptors (Lipinski definition) is 3. The molecule has 0 saturated carbocycles. The van der Waals surface area contributed by atoms with E-state index in [-0.39, 0.29) is 30.8 Å². The van der Waals surface area contributed by atoms with Gasteiger partial charge in [-0.2, -0.15) is 18.3 Å². The molecule has 6 nitrogen and oxygen atoms in total. The molecule has 0 atom stereocenters. The molecular formula is C19H18F4N4O2. The number of aromatic nitrogens is 3. The van der Waals surface area contributed by atoms with E-state index >= 15 is 0 Å². The average molecular weight is 410 g/mol. The summed E-state index contributed by atoms with van der Waals surface area (Å²) >= 11 is 0. The van der Waals surface area contributed by atoms with Crippen molar-refractivity contribution in [3.63, 3.8) is 0 Å². The molecule has 0 bridgehead atoms. The summed E-state index contributed by atoms with van der Waals surface area (Å²) in [7, 11) is 0. The van der Waals surface area contributed by atoms with E-state index in [0.717, 1.165) is 11.8 Å². The zero-order chi connectivity index (χ0) is 21.2. The fraction of sp³-hybridized carbons (Fsp3) is 0.316. The molecule has 10 heteroatoms. The van der Waals surface area contributed by atoms with Crippen LogP contribution in [0.5, 0.6) is 0 Å². The number of alkyl halides is 3. The summed E-state index contributed by atoms with van der Waals surface area (Å²) in [6, 6.07) is 5.75. The molecule has 0 spiro atoms. The van der Waals surface area contributed by atoms with Gasteiger partial charge in [-0.15, -0.1) is 0 Å². The maximum Gasteiger partial charge on any atom is 0.431 e. The van der Waals surface area contributed by atoms with E-state index in [9.17, 15) is 27.2 Å². The number of rotatable bonds is 6. The Labute approximate surface area is 162 Å². The lowest BCUT2D eigenvalue weighted by molar-refractivity contribution is -0.143. The van der Waals surface area contributed by atoms with E-state index in [1.807, 2.05) is 6.92 Å². The minimum Gasteiger partial charge on any atom is -0.354 e. The number of nitrogens with zero attached hydrogens (tertiary/aromatic N) is 3. The average Bonchev–Trinajstić information content (AvgIpc) is 3.06. The maximum atomic E-state index is 14.3. The van der Waals surface area contributed by atoms with Crippen LogP contribution < -0.4 is 10.7 Å². The molecule has 0 aliphatic carbocycles. The number of carbonyl (C=O) groups is 1. The maximum absolute atomic E-state index is 14.3. The Morgan fingerprint density at radius 3 is 2.62 bits per heavy atom. The zero-order valence-electron chi connectivity index (χ0n) is 15.5. The normalized spacial score (nSPS) is 11.8. The molecule has 2 aromatic heterocycles. The van der Waals surface area contributed by atoms with Gasteiger partial charge in [0.1, 0.15) is 11.5 Å². The summed E-state index contributed by atoms with van der Waals surface area (Å²) in [6.45, 7) is 1.62. The second-order valence-corrected chi connectivity index (χ2v) is 6.50. The summed E-state index contributed by atoms with van der Waals surface area (Å²) in [6.07, 6.45) is -3.04. The van der Waals surface area contributed by atoms with Crippen LogP contribution in [-0.2, 0) is 24.1 Å². The number of nitrogens with one attached hydrogen (secondary N) is 1. The summed E-state index contributed by atoms with van der Waals surface area (Å²) in [5.41, 5.74) is -1.81. The van der Waals surface area contributed by atoms with E-state index in [4.69, 9.17) is 0 Å². The molecule has 1 aromatic carbocycles. The first kappa shape index (κ1) is 20.6. The Morgan fingerprint density at radius 2 is 1.97 bits per heavy atom. The van der Waals surface area contributed by atoms with E-state index in [1.54, 1.807) is 16.9 Å². The van der Waals surface area contributed by atoms with Crippen LogP contribution in [0.4, 0.5) is 17.6 Å². The van der Waals surface area contributed by atoms with Gasteiger partial charge in [0.15, 0.2) is 5.43 Å². The van der Waals surface area contributed by atoms with Gasteiger partial charge in [-0.25, -0.2) is 4.39 Å². The molecule has 0 unspecified atom stereocenters. The topological polar surface area (TPSA) is 68.9 Å². The van der Waals surface area contributed by atoms with Crippen LogP contribution in [0.15, 0.2) is 41.3 Å². The van der Waals surface area contributed by atoms with Crippen molar-refractivity contribution in [1.29, 1.82) is 0 Å². The number of carbonyl (C=O) groups excluding carboxylic acids is 1. The molecule has 154 valence electrons. The van der Waals surface area contributed by atoms with Crippen molar-refractivity contribution in [1.82, 2.24) is 19.7 Å². The lowest BCUT2D eigenvalue weighted by Gasteiger charge is -2.19. The van der Waals surface area contributed by atoms with Crippen LogP contribution in [0.1, 0.15) is 17.8 Å². The van der Waals surface area contributed by atoms with Gasteiger partial charge in [-0.1, -0.05) is 6.07 Å². The second-order valence-electron chi connectivity index (χ2n) is 6.50. The zero-order valence-corrected chi connectivity index (χ0v) is 15.5. The van der Waals surface area contributed by atoms with E-state index in [2.05, 4.69) is 10.4 Å². The van der Waals surface area contributed by atoms with Gasteiger partial charge in [0, 0.05) is 43.7 Å². The molecular weight excluding hydrogens is 392 g/mol. The van der Waals surface area contributed by atoms with Gasteiger partial charge in [0.25, 0.3) is 0 Å². The fourth-order valence-electron chi connectivity index (χ4n) is 3.06. The number of halogens is 4. The van der Waals surface area contributed by atoms with E-state index < -0.39 is 28.6 Å². The van der Waals surface area contributed by atoms with Crippen LogP contribution in [-0.4, -0.2) is 26.8 Å². The summed E-state index contributed by atoms with van der Waals surface area (Å²) < 4.78 is 56.8. The Bertz CT molecular complexity index is 1100. The largest absolute Gasteiger partial charge is 0.431 e. The van der Waals surface area contributed by atoms with Crippen molar-refractivity contribution in [2.24, 2.45) is 0 Å². The Morgan fingerprint density at radius 1 is 1.21 bits per heavy atom. The van der Waals surface area contributed by atoms with Crippen LogP contribution >= 0.6 is 0 Å². The third kappa shape index (κ3) is 4.64. The van der Waals surface area contributed by atoms with Crippen LogP contribution in [0, 0.1) is 12.7 Å². The van der Waals surface area contributed by atoms with Crippen molar-refractivity contribution in [2.75, 3.05) is 6.54 Å². The monoisotopic (exact) mass is 410 g/mol. The van der Waals surface area contributed by atoms with Crippen molar-refractivity contribution in [3.8, 4) is 0 Å². The van der Waals surface area contributed by atoms with Gasteiger partial charge < -0.3 is 9.88 Å². The lowest BCUT2D eigenvalue weighted by Crippen LogP contribution is -2.30. The highest BCUT2D eigenvalue weighted by molar-refractivity contribution is 5.80. The molecule has 1 amide bonds. The van der Waals surface area contributed by atoms with Crippen LogP contribution in [0.3, 0.4) is 0 Å². The van der Waals surface area contributed by atoms with Crippen molar-refractivity contribution >= 4 is 16.8 Å². The van der Waals surface area contributed by atoms with Gasteiger partial charge in [-0.05, 0) is 25.1 Å². The van der Waals surface area contributed by atoms with Gasteiger partial charge in [-0.3, -0.25) is 14.3 Å². The van der Waals surface area contributed by atoms with Crippen molar-refractivity contribution < 1.29 is 22.4 Å². The summed E-state index contributed by atoms with van der Waals surface area (Å²) in [4.78, 5) is 24.0. The molecule has 0 radical (unpaired) electrons. The van der Waals surface area contributed by atoms with Gasteiger partial charge in [0.05, 0.1) is 11.2 Å².